The van der Waals surface area contributed by atoms with Gasteiger partial charge < -0.3 is 15.1 Å². The van der Waals surface area contributed by atoms with Crippen LogP contribution in [-0.2, 0) is 6.61 Å². The highest BCUT2D eigenvalue weighted by atomic mass is 35.5. The number of aliphatic hydroxyl groups is 2. The summed E-state index contributed by atoms with van der Waals surface area (Å²) in [7, 11) is 0. The van der Waals surface area contributed by atoms with Crippen molar-refractivity contribution in [2.45, 2.75) is 62.2 Å². The van der Waals surface area contributed by atoms with Gasteiger partial charge in [-0.15, -0.1) is 0 Å². The molecule has 2 heterocycles. The molecule has 162 valence electrons. The van der Waals surface area contributed by atoms with E-state index in [4.69, 9.17) is 33.2 Å². The Morgan fingerprint density at radius 2 is 1.97 bits per heavy atom. The van der Waals surface area contributed by atoms with Gasteiger partial charge in [0.1, 0.15) is 10.7 Å². The molecule has 0 radical (unpaired) electrons. The Labute approximate surface area is 191 Å². The third kappa shape index (κ3) is 4.17. The summed E-state index contributed by atoms with van der Waals surface area (Å²) in [4.78, 5) is 12.6. The monoisotopic (exact) mass is 467 g/mol. The predicted molar refractivity (Wildman–Crippen MR) is 122 cm³/mol. The van der Waals surface area contributed by atoms with Crippen molar-refractivity contribution in [3.8, 4) is 0 Å². The SMILES string of the molecule is Cc1nc(N2CCC3(CC2)C[C@@H](O)C[C@H]3C)c(CO)nc1Sc1cccc(Cl)c1Cl. The van der Waals surface area contributed by atoms with Crippen LogP contribution in [0.1, 0.15) is 44.0 Å². The minimum absolute atomic E-state index is 0.170. The predicted octanol–water partition coefficient (Wildman–Crippen LogP) is 5.11. The first-order chi connectivity index (χ1) is 14.3. The number of hydrogen-bond acceptors (Lipinski definition) is 6. The lowest BCUT2D eigenvalue weighted by molar-refractivity contribution is 0.132. The molecule has 0 unspecified atom stereocenters. The molecule has 1 saturated carbocycles. The van der Waals surface area contributed by atoms with Crippen molar-refractivity contribution in [3.63, 3.8) is 0 Å². The van der Waals surface area contributed by atoms with Crippen molar-refractivity contribution >= 4 is 40.8 Å². The number of anilines is 1. The number of aromatic nitrogens is 2. The Balaban J connectivity index is 1.55. The average Bonchev–Trinajstić information content (AvgIpc) is 2.99. The summed E-state index contributed by atoms with van der Waals surface area (Å²) in [5, 5.41) is 21.8. The van der Waals surface area contributed by atoms with E-state index in [0.717, 1.165) is 55.2 Å². The van der Waals surface area contributed by atoms with Crippen LogP contribution in [0.15, 0.2) is 28.1 Å². The molecule has 2 aliphatic rings. The smallest absolute Gasteiger partial charge is 0.153 e. The van der Waals surface area contributed by atoms with Gasteiger partial charge in [0.15, 0.2) is 5.82 Å². The number of benzene rings is 1. The number of halogens is 2. The van der Waals surface area contributed by atoms with Crippen LogP contribution in [0, 0.1) is 18.3 Å². The van der Waals surface area contributed by atoms with E-state index in [0.29, 0.717) is 26.7 Å². The summed E-state index contributed by atoms with van der Waals surface area (Å²) >= 11 is 13.9. The van der Waals surface area contributed by atoms with Gasteiger partial charge in [-0.1, -0.05) is 48.0 Å². The highest BCUT2D eigenvalue weighted by Gasteiger charge is 2.46. The van der Waals surface area contributed by atoms with Crippen molar-refractivity contribution in [2.75, 3.05) is 18.0 Å². The minimum Gasteiger partial charge on any atom is -0.393 e. The minimum atomic E-state index is -0.170. The first kappa shape index (κ1) is 22.2. The van der Waals surface area contributed by atoms with Gasteiger partial charge >= 0.3 is 0 Å². The third-order valence-corrected chi connectivity index (χ3v) is 8.79. The van der Waals surface area contributed by atoms with Crippen LogP contribution >= 0.6 is 35.0 Å². The fourth-order valence-electron chi connectivity index (χ4n) is 4.92. The number of aliphatic hydroxyl groups excluding tert-OH is 2. The van der Waals surface area contributed by atoms with E-state index < -0.39 is 0 Å². The standard InChI is InChI=1S/C22H27Cl2N3O2S/c1-13-10-15(29)11-22(13)6-8-27(9-7-22)20-17(12-28)26-21(14(2)25-20)30-18-5-3-4-16(23)19(18)24/h3-5,13,15,28-29H,6-12H2,1-2H3/t13-,15+/m1/s1. The summed E-state index contributed by atoms with van der Waals surface area (Å²) < 4.78 is 0. The maximum atomic E-state index is 10.1. The normalized spacial score (nSPS) is 23.3. The maximum absolute atomic E-state index is 10.1. The molecule has 4 rings (SSSR count). The number of rotatable bonds is 4. The van der Waals surface area contributed by atoms with Crippen LogP contribution in [0.3, 0.4) is 0 Å². The summed E-state index contributed by atoms with van der Waals surface area (Å²) in [6.07, 6.45) is 3.70. The largest absolute Gasteiger partial charge is 0.393 e. The average molecular weight is 468 g/mol. The first-order valence-electron chi connectivity index (χ1n) is 10.4. The molecule has 2 N–H and O–H groups in total. The lowest BCUT2D eigenvalue weighted by Crippen LogP contribution is -2.42. The van der Waals surface area contributed by atoms with Crippen molar-refractivity contribution in [2.24, 2.45) is 11.3 Å². The zero-order valence-electron chi connectivity index (χ0n) is 17.2. The lowest BCUT2D eigenvalue weighted by atomic mass is 9.71. The second kappa shape index (κ2) is 8.83. The number of aryl methyl sites for hydroxylation is 1. The molecule has 0 amide bonds. The van der Waals surface area contributed by atoms with E-state index in [-0.39, 0.29) is 18.1 Å². The number of nitrogens with zero attached hydrogens (tertiary/aromatic N) is 3. The van der Waals surface area contributed by atoms with E-state index in [9.17, 15) is 10.2 Å². The van der Waals surface area contributed by atoms with E-state index >= 15 is 0 Å². The molecule has 2 atom stereocenters. The van der Waals surface area contributed by atoms with Gasteiger partial charge in [0.2, 0.25) is 0 Å². The Morgan fingerprint density at radius 3 is 2.60 bits per heavy atom. The third-order valence-electron chi connectivity index (χ3n) is 6.72. The fourth-order valence-corrected chi connectivity index (χ4v) is 6.30. The molecular weight excluding hydrogens is 441 g/mol. The molecule has 1 spiro atoms. The Kier molecular flexibility index (Phi) is 6.52. The van der Waals surface area contributed by atoms with Crippen LogP contribution in [0.2, 0.25) is 10.0 Å². The molecule has 1 saturated heterocycles. The van der Waals surface area contributed by atoms with E-state index in [1.165, 1.54) is 11.8 Å². The molecule has 1 aromatic carbocycles. The fraction of sp³-hybridized carbons (Fsp3) is 0.545. The molecule has 8 heteroatoms. The summed E-state index contributed by atoms with van der Waals surface area (Å²) in [6.45, 7) is 5.76. The van der Waals surface area contributed by atoms with Crippen LogP contribution < -0.4 is 4.90 Å². The zero-order valence-corrected chi connectivity index (χ0v) is 19.6. The van der Waals surface area contributed by atoms with Crippen molar-refractivity contribution < 1.29 is 10.2 Å². The van der Waals surface area contributed by atoms with Gasteiger partial charge in [-0.3, -0.25) is 0 Å². The highest BCUT2D eigenvalue weighted by Crippen LogP contribution is 2.50. The molecule has 1 aromatic heterocycles. The second-order valence-corrected chi connectivity index (χ2v) is 10.4. The molecule has 1 aliphatic heterocycles. The summed E-state index contributed by atoms with van der Waals surface area (Å²) in [5.74, 6) is 1.30. The van der Waals surface area contributed by atoms with Crippen molar-refractivity contribution in [1.82, 2.24) is 9.97 Å². The second-order valence-electron chi connectivity index (χ2n) is 8.54. The summed E-state index contributed by atoms with van der Waals surface area (Å²) in [5.41, 5.74) is 1.61. The molecular formula is C22H27Cl2N3O2S. The van der Waals surface area contributed by atoms with Gasteiger partial charge in [0.05, 0.1) is 28.5 Å². The van der Waals surface area contributed by atoms with E-state index in [2.05, 4.69) is 11.8 Å². The van der Waals surface area contributed by atoms with Crippen LogP contribution in [0.4, 0.5) is 5.82 Å². The molecule has 30 heavy (non-hydrogen) atoms. The topological polar surface area (TPSA) is 69.5 Å². The van der Waals surface area contributed by atoms with Gasteiger partial charge in [0.25, 0.3) is 0 Å². The van der Waals surface area contributed by atoms with E-state index in [1.54, 1.807) is 6.07 Å². The van der Waals surface area contributed by atoms with Crippen LogP contribution in [0.25, 0.3) is 0 Å². The van der Waals surface area contributed by atoms with Gasteiger partial charge in [-0.25, -0.2) is 9.97 Å². The van der Waals surface area contributed by atoms with Gasteiger partial charge in [0, 0.05) is 18.0 Å². The summed E-state index contributed by atoms with van der Waals surface area (Å²) in [6, 6.07) is 5.50. The van der Waals surface area contributed by atoms with Gasteiger partial charge in [-0.2, -0.15) is 0 Å². The molecule has 2 fully saturated rings. The van der Waals surface area contributed by atoms with Crippen LogP contribution in [-0.4, -0.2) is 39.4 Å². The Hall–Kier alpha value is -1.05. The molecule has 0 bridgehead atoms. The Bertz CT molecular complexity index is 935. The van der Waals surface area contributed by atoms with E-state index in [1.807, 2.05) is 19.1 Å². The molecule has 2 aromatic rings. The lowest BCUT2D eigenvalue weighted by Gasteiger charge is -2.43. The van der Waals surface area contributed by atoms with Gasteiger partial charge in [-0.05, 0) is 56.1 Å². The van der Waals surface area contributed by atoms with Crippen molar-refractivity contribution in [1.29, 1.82) is 0 Å². The zero-order chi connectivity index (χ0) is 21.5. The maximum Gasteiger partial charge on any atom is 0.153 e. The van der Waals surface area contributed by atoms with Crippen molar-refractivity contribution in [3.05, 3.63) is 39.6 Å². The molecule has 5 nitrogen and oxygen atoms in total. The molecule has 1 aliphatic carbocycles. The number of piperidine rings is 1. The quantitative estimate of drug-likeness (QED) is 0.650. The van der Waals surface area contributed by atoms with Crippen LogP contribution in [0.5, 0.6) is 0 Å². The Morgan fingerprint density at radius 1 is 1.23 bits per heavy atom. The highest BCUT2D eigenvalue weighted by molar-refractivity contribution is 7.99. The number of hydrogen-bond donors (Lipinski definition) is 2. The first-order valence-corrected chi connectivity index (χ1v) is 11.9.